The molecule has 3 aromatic rings. The maximum Gasteiger partial charge on any atom is 0.263 e. The summed E-state index contributed by atoms with van der Waals surface area (Å²) in [7, 11) is 1.58. The van der Waals surface area contributed by atoms with Gasteiger partial charge in [-0.15, -0.1) is 0 Å². The number of benzene rings is 1. The molecule has 7 heteroatoms. The molecule has 0 spiro atoms. The van der Waals surface area contributed by atoms with E-state index in [1.54, 1.807) is 19.4 Å². The second-order valence-corrected chi connectivity index (χ2v) is 6.25. The number of rotatable bonds is 5. The topological polar surface area (TPSA) is 110 Å². The molecule has 0 aliphatic carbocycles. The van der Waals surface area contributed by atoms with Gasteiger partial charge in [-0.3, -0.25) is 14.6 Å². The van der Waals surface area contributed by atoms with E-state index in [4.69, 9.17) is 10.5 Å². The molecular formula is C20H22N4O3. The van der Waals surface area contributed by atoms with Crippen LogP contribution in [0.15, 0.2) is 35.3 Å². The van der Waals surface area contributed by atoms with Crippen LogP contribution in [0, 0.1) is 6.92 Å². The van der Waals surface area contributed by atoms with Crippen LogP contribution in [-0.4, -0.2) is 29.5 Å². The van der Waals surface area contributed by atoms with E-state index < -0.39 is 11.5 Å². The smallest absolute Gasteiger partial charge is 0.263 e. The van der Waals surface area contributed by atoms with Gasteiger partial charge in [-0.25, -0.2) is 0 Å². The van der Waals surface area contributed by atoms with Crippen molar-refractivity contribution in [3.63, 3.8) is 0 Å². The van der Waals surface area contributed by atoms with Crippen LogP contribution >= 0.6 is 0 Å². The molecule has 0 bridgehead atoms. The SMILES string of the molecule is CCCNC(=O)c1c(N)c2cccc(-c3cnc(C)cc3OC)c2[nH]c1=O. The number of amides is 1. The van der Waals surface area contributed by atoms with Crippen molar-refractivity contribution in [1.82, 2.24) is 15.3 Å². The number of H-pyrrole nitrogens is 1. The lowest BCUT2D eigenvalue weighted by Gasteiger charge is -2.14. The van der Waals surface area contributed by atoms with Crippen molar-refractivity contribution in [2.24, 2.45) is 0 Å². The van der Waals surface area contributed by atoms with Gasteiger partial charge < -0.3 is 20.8 Å². The van der Waals surface area contributed by atoms with Gasteiger partial charge in [-0.05, 0) is 13.3 Å². The molecule has 0 atom stereocenters. The first kappa shape index (κ1) is 18.4. The monoisotopic (exact) mass is 366 g/mol. The Morgan fingerprint density at radius 1 is 1.33 bits per heavy atom. The van der Waals surface area contributed by atoms with Gasteiger partial charge in [0.15, 0.2) is 0 Å². The van der Waals surface area contributed by atoms with E-state index in [1.807, 2.05) is 32.0 Å². The Labute approximate surface area is 156 Å². The van der Waals surface area contributed by atoms with Gasteiger partial charge in [0.1, 0.15) is 11.3 Å². The Morgan fingerprint density at radius 2 is 2.11 bits per heavy atom. The fourth-order valence-corrected chi connectivity index (χ4v) is 3.03. The molecule has 1 aromatic carbocycles. The van der Waals surface area contributed by atoms with Crippen LogP contribution in [0.1, 0.15) is 29.4 Å². The van der Waals surface area contributed by atoms with Crippen LogP contribution in [0.5, 0.6) is 5.75 Å². The molecule has 27 heavy (non-hydrogen) atoms. The molecule has 0 saturated heterocycles. The molecule has 0 fully saturated rings. The molecular weight excluding hydrogens is 344 g/mol. The minimum atomic E-state index is -0.528. The third-order valence-corrected chi connectivity index (χ3v) is 4.36. The lowest BCUT2D eigenvalue weighted by Crippen LogP contribution is -2.31. The Balaban J connectivity index is 2.25. The summed E-state index contributed by atoms with van der Waals surface area (Å²) in [5.74, 6) is 0.164. The molecule has 140 valence electrons. The minimum absolute atomic E-state index is 0.0675. The van der Waals surface area contributed by atoms with E-state index in [1.165, 1.54) is 0 Å². The van der Waals surface area contributed by atoms with Gasteiger partial charge in [0, 0.05) is 41.0 Å². The van der Waals surface area contributed by atoms with E-state index in [2.05, 4.69) is 15.3 Å². The van der Waals surface area contributed by atoms with Crippen molar-refractivity contribution < 1.29 is 9.53 Å². The number of hydrogen-bond acceptors (Lipinski definition) is 5. The molecule has 2 heterocycles. The molecule has 0 aliphatic heterocycles. The number of nitrogens with one attached hydrogen (secondary N) is 2. The molecule has 1 amide bonds. The zero-order valence-corrected chi connectivity index (χ0v) is 15.6. The van der Waals surface area contributed by atoms with Gasteiger partial charge in [-0.1, -0.05) is 25.1 Å². The number of nitrogens with two attached hydrogens (primary N) is 1. The van der Waals surface area contributed by atoms with E-state index in [0.717, 1.165) is 23.2 Å². The van der Waals surface area contributed by atoms with Crippen molar-refractivity contribution in [2.45, 2.75) is 20.3 Å². The number of carbonyl (C=O) groups excluding carboxylic acids is 1. The minimum Gasteiger partial charge on any atom is -0.496 e. The van der Waals surface area contributed by atoms with E-state index in [-0.39, 0.29) is 11.3 Å². The molecule has 2 aromatic heterocycles. The number of aromatic amines is 1. The molecule has 0 aliphatic rings. The number of nitrogen functional groups attached to an aromatic ring is 1. The van der Waals surface area contributed by atoms with Crippen molar-refractivity contribution in [3.8, 4) is 16.9 Å². The van der Waals surface area contributed by atoms with Gasteiger partial charge >= 0.3 is 0 Å². The number of fused-ring (bicyclic) bond motifs is 1. The van der Waals surface area contributed by atoms with Crippen LogP contribution in [0.4, 0.5) is 5.69 Å². The number of aromatic nitrogens is 2. The second-order valence-electron chi connectivity index (χ2n) is 6.25. The van der Waals surface area contributed by atoms with E-state index >= 15 is 0 Å². The van der Waals surface area contributed by atoms with Crippen LogP contribution in [-0.2, 0) is 0 Å². The highest BCUT2D eigenvalue weighted by Gasteiger charge is 2.19. The fraction of sp³-hybridized carbons (Fsp3) is 0.250. The normalized spacial score (nSPS) is 10.8. The summed E-state index contributed by atoms with van der Waals surface area (Å²) in [6.45, 7) is 4.28. The molecule has 0 radical (unpaired) electrons. The number of hydrogen-bond donors (Lipinski definition) is 3. The Hall–Kier alpha value is -3.35. The summed E-state index contributed by atoms with van der Waals surface area (Å²) < 4.78 is 5.47. The Bertz CT molecular complexity index is 1070. The first-order valence-electron chi connectivity index (χ1n) is 8.71. The number of nitrogens with zero attached hydrogens (tertiary/aromatic N) is 1. The quantitative estimate of drug-likeness (QED) is 0.643. The lowest BCUT2D eigenvalue weighted by molar-refractivity contribution is 0.0953. The van der Waals surface area contributed by atoms with Crippen molar-refractivity contribution >= 4 is 22.5 Å². The number of para-hydroxylation sites is 1. The maximum atomic E-state index is 12.6. The van der Waals surface area contributed by atoms with Crippen LogP contribution in [0.3, 0.4) is 0 Å². The van der Waals surface area contributed by atoms with Crippen LogP contribution in [0.2, 0.25) is 0 Å². The number of methoxy groups -OCH3 is 1. The number of anilines is 1. The predicted molar refractivity (Wildman–Crippen MR) is 106 cm³/mol. The summed E-state index contributed by atoms with van der Waals surface area (Å²) in [5, 5.41) is 3.29. The summed E-state index contributed by atoms with van der Waals surface area (Å²) in [5.41, 5.74) is 8.58. The highest BCUT2D eigenvalue weighted by atomic mass is 16.5. The second kappa shape index (κ2) is 7.49. The zero-order chi connectivity index (χ0) is 19.6. The number of ether oxygens (including phenoxy) is 1. The third kappa shape index (κ3) is 3.36. The van der Waals surface area contributed by atoms with Gasteiger partial charge in [0.2, 0.25) is 0 Å². The van der Waals surface area contributed by atoms with Crippen molar-refractivity contribution in [2.75, 3.05) is 19.4 Å². The highest BCUT2D eigenvalue weighted by molar-refractivity contribution is 6.09. The molecule has 0 unspecified atom stereocenters. The first-order valence-corrected chi connectivity index (χ1v) is 8.71. The number of aryl methyl sites for hydroxylation is 1. The number of carbonyl (C=O) groups is 1. The Morgan fingerprint density at radius 3 is 2.81 bits per heavy atom. The largest absolute Gasteiger partial charge is 0.496 e. The van der Waals surface area contributed by atoms with Crippen LogP contribution in [0.25, 0.3) is 22.0 Å². The van der Waals surface area contributed by atoms with E-state index in [0.29, 0.717) is 23.2 Å². The summed E-state index contributed by atoms with van der Waals surface area (Å²) >= 11 is 0. The van der Waals surface area contributed by atoms with Crippen molar-refractivity contribution in [3.05, 3.63) is 52.1 Å². The summed E-state index contributed by atoms with van der Waals surface area (Å²) in [6.07, 6.45) is 2.46. The third-order valence-electron chi connectivity index (χ3n) is 4.36. The summed E-state index contributed by atoms with van der Waals surface area (Å²) in [6, 6.07) is 7.26. The lowest BCUT2D eigenvalue weighted by atomic mass is 10.00. The molecule has 4 N–H and O–H groups in total. The fourth-order valence-electron chi connectivity index (χ4n) is 3.03. The molecule has 0 saturated carbocycles. The van der Waals surface area contributed by atoms with E-state index in [9.17, 15) is 9.59 Å². The van der Waals surface area contributed by atoms with Crippen molar-refractivity contribution in [1.29, 1.82) is 0 Å². The highest BCUT2D eigenvalue weighted by Crippen LogP contribution is 2.35. The molecule has 7 nitrogen and oxygen atoms in total. The van der Waals surface area contributed by atoms with Gasteiger partial charge in [0.25, 0.3) is 11.5 Å². The number of pyridine rings is 2. The maximum absolute atomic E-state index is 12.6. The first-order chi connectivity index (χ1) is 13.0. The van der Waals surface area contributed by atoms with Gasteiger partial charge in [0.05, 0.1) is 18.3 Å². The summed E-state index contributed by atoms with van der Waals surface area (Å²) in [4.78, 5) is 32.1. The van der Waals surface area contributed by atoms with Crippen LogP contribution < -0.4 is 21.3 Å². The standard InChI is InChI=1S/C20H22N4O3/c1-4-8-22-19(25)16-17(21)13-7-5-6-12(18(13)24-20(16)26)14-10-23-11(2)9-15(14)27-3/h5-7,9-10H,4,8H2,1-3H3,(H,22,25)(H3,21,24,26). The van der Waals surface area contributed by atoms with Gasteiger partial charge in [-0.2, -0.15) is 0 Å². The average molecular weight is 366 g/mol. The Kier molecular flexibility index (Phi) is 5.12. The zero-order valence-electron chi connectivity index (χ0n) is 15.6. The molecule has 3 rings (SSSR count). The predicted octanol–water partition coefficient (Wildman–Crippen LogP) is 2.63. The average Bonchev–Trinajstić information content (AvgIpc) is 2.66.